The lowest BCUT2D eigenvalue weighted by molar-refractivity contribution is -0.121. The lowest BCUT2D eigenvalue weighted by atomic mass is 10.2. The number of aromatic nitrogens is 4. The topological polar surface area (TPSA) is 89.8 Å². The zero-order valence-corrected chi connectivity index (χ0v) is 16.7. The molecule has 3 heterocycles. The molecule has 0 aliphatic carbocycles. The fourth-order valence-corrected chi connectivity index (χ4v) is 4.43. The Bertz CT molecular complexity index is 1190. The third-order valence-corrected chi connectivity index (χ3v) is 6.09. The fourth-order valence-electron chi connectivity index (χ4n) is 2.77. The van der Waals surface area contributed by atoms with Crippen molar-refractivity contribution >= 4 is 39.5 Å². The van der Waals surface area contributed by atoms with Crippen molar-refractivity contribution in [1.29, 1.82) is 0 Å². The molecule has 3 aromatic heterocycles. The van der Waals surface area contributed by atoms with Crippen molar-refractivity contribution in [2.75, 3.05) is 6.54 Å². The fraction of sp³-hybridized carbons (Fsp3) is 0.211. The summed E-state index contributed by atoms with van der Waals surface area (Å²) < 4.78 is 1.09. The van der Waals surface area contributed by atoms with Gasteiger partial charge in [0.2, 0.25) is 5.91 Å². The Morgan fingerprint density at radius 2 is 2.07 bits per heavy atom. The van der Waals surface area contributed by atoms with Crippen LogP contribution in [0.4, 0.5) is 0 Å². The van der Waals surface area contributed by atoms with E-state index in [0.29, 0.717) is 17.4 Å². The molecule has 0 saturated carbocycles. The predicted molar refractivity (Wildman–Crippen MR) is 111 cm³/mol. The summed E-state index contributed by atoms with van der Waals surface area (Å²) in [5.74, 6) is -0.265. The van der Waals surface area contributed by atoms with Gasteiger partial charge in [-0.2, -0.15) is 0 Å². The summed E-state index contributed by atoms with van der Waals surface area (Å²) in [6.45, 7) is 2.33. The number of thiazole rings is 1. The molecule has 0 fully saturated rings. The normalized spacial score (nSPS) is 11.0. The number of thiophene rings is 1. The minimum atomic E-state index is -0.317. The largest absolute Gasteiger partial charge is 0.354 e. The van der Waals surface area contributed by atoms with E-state index in [9.17, 15) is 9.59 Å². The Balaban J connectivity index is 1.33. The molecule has 0 atom stereocenters. The van der Waals surface area contributed by atoms with Crippen LogP contribution in [-0.2, 0) is 17.8 Å². The van der Waals surface area contributed by atoms with Gasteiger partial charge in [0.15, 0.2) is 0 Å². The number of hydrogen-bond donors (Lipinski definition) is 1. The molecule has 7 nitrogen and oxygen atoms in total. The van der Waals surface area contributed by atoms with E-state index in [0.717, 1.165) is 26.7 Å². The van der Waals surface area contributed by atoms with Crippen LogP contribution >= 0.6 is 22.7 Å². The maximum Gasteiger partial charge on any atom is 0.278 e. The molecule has 0 spiro atoms. The molecule has 4 rings (SSSR count). The third-order valence-electron chi connectivity index (χ3n) is 4.15. The Morgan fingerprint density at radius 1 is 1.21 bits per heavy atom. The van der Waals surface area contributed by atoms with E-state index >= 15 is 0 Å². The van der Waals surface area contributed by atoms with Crippen LogP contribution in [0.15, 0.2) is 46.6 Å². The van der Waals surface area contributed by atoms with Gasteiger partial charge in [-0.3, -0.25) is 9.59 Å². The Hall–Kier alpha value is -2.91. The van der Waals surface area contributed by atoms with E-state index in [1.54, 1.807) is 46.9 Å². The quantitative estimate of drug-likeness (QED) is 0.527. The van der Waals surface area contributed by atoms with Gasteiger partial charge in [0.25, 0.3) is 5.56 Å². The third kappa shape index (κ3) is 4.00. The second-order valence-corrected chi connectivity index (χ2v) is 8.42. The lowest BCUT2D eigenvalue weighted by Gasteiger charge is -2.06. The number of nitrogens with zero attached hydrogens (tertiary/aromatic N) is 4. The molecule has 1 N–H and O–H groups in total. The maximum atomic E-state index is 12.4. The molecular formula is C19H17N5O2S2. The van der Waals surface area contributed by atoms with Gasteiger partial charge < -0.3 is 5.32 Å². The number of carbonyl (C=O) groups is 1. The Labute approximate surface area is 168 Å². The van der Waals surface area contributed by atoms with E-state index in [-0.39, 0.29) is 18.0 Å². The van der Waals surface area contributed by atoms with Crippen LogP contribution in [-0.4, -0.2) is 32.4 Å². The molecule has 0 saturated heterocycles. The molecular weight excluding hydrogens is 394 g/mol. The number of benzene rings is 1. The minimum absolute atomic E-state index is 0.148. The number of carbonyl (C=O) groups excluding carboxylic acids is 1. The van der Waals surface area contributed by atoms with Gasteiger partial charge in [-0.25, -0.2) is 9.67 Å². The highest BCUT2D eigenvalue weighted by Crippen LogP contribution is 2.29. The molecule has 4 aromatic rings. The van der Waals surface area contributed by atoms with Crippen LogP contribution in [0.1, 0.15) is 9.88 Å². The summed E-state index contributed by atoms with van der Waals surface area (Å²) in [4.78, 5) is 31.3. The van der Waals surface area contributed by atoms with Crippen molar-refractivity contribution in [3.63, 3.8) is 0 Å². The van der Waals surface area contributed by atoms with Crippen molar-refractivity contribution in [2.24, 2.45) is 0 Å². The van der Waals surface area contributed by atoms with Crippen LogP contribution in [0.2, 0.25) is 0 Å². The van der Waals surface area contributed by atoms with E-state index in [1.807, 2.05) is 6.92 Å². The van der Waals surface area contributed by atoms with Crippen LogP contribution in [0.3, 0.4) is 0 Å². The van der Waals surface area contributed by atoms with Gasteiger partial charge in [0.1, 0.15) is 12.1 Å². The molecule has 9 heteroatoms. The summed E-state index contributed by atoms with van der Waals surface area (Å²) in [5, 5.41) is 14.2. The van der Waals surface area contributed by atoms with Crippen LogP contribution in [0.5, 0.6) is 0 Å². The maximum absolute atomic E-state index is 12.4. The summed E-state index contributed by atoms with van der Waals surface area (Å²) in [6, 6.07) is 11.1. The smallest absolute Gasteiger partial charge is 0.278 e. The molecule has 142 valence electrons. The molecule has 0 aliphatic rings. The second kappa shape index (κ2) is 7.99. The number of nitrogens with one attached hydrogen (secondary N) is 1. The van der Waals surface area contributed by atoms with E-state index in [4.69, 9.17) is 0 Å². The molecule has 1 amide bonds. The van der Waals surface area contributed by atoms with Gasteiger partial charge in [-0.1, -0.05) is 17.3 Å². The van der Waals surface area contributed by atoms with Gasteiger partial charge >= 0.3 is 0 Å². The zero-order valence-electron chi connectivity index (χ0n) is 15.1. The highest BCUT2D eigenvalue weighted by molar-refractivity contribution is 7.16. The number of hydrogen-bond acceptors (Lipinski definition) is 7. The minimum Gasteiger partial charge on any atom is -0.354 e. The first-order valence-electron chi connectivity index (χ1n) is 8.70. The predicted octanol–water partition coefficient (Wildman–Crippen LogP) is 2.64. The number of fused-ring (bicyclic) bond motifs is 1. The first-order chi connectivity index (χ1) is 13.6. The highest BCUT2D eigenvalue weighted by atomic mass is 32.1. The van der Waals surface area contributed by atoms with E-state index in [1.165, 1.54) is 4.88 Å². The highest BCUT2D eigenvalue weighted by Gasteiger charge is 2.10. The zero-order chi connectivity index (χ0) is 19.5. The van der Waals surface area contributed by atoms with Gasteiger partial charge in [0.05, 0.1) is 21.0 Å². The summed E-state index contributed by atoms with van der Waals surface area (Å²) in [5.41, 5.74) is 1.20. The average Bonchev–Trinajstić information content (AvgIpc) is 3.33. The molecule has 0 radical (unpaired) electrons. The van der Waals surface area contributed by atoms with Crippen LogP contribution in [0, 0.1) is 6.92 Å². The average molecular weight is 412 g/mol. The first kappa shape index (κ1) is 18.5. The van der Waals surface area contributed by atoms with Crippen molar-refractivity contribution < 1.29 is 4.79 Å². The molecule has 1 aromatic carbocycles. The van der Waals surface area contributed by atoms with Crippen molar-refractivity contribution in [3.05, 3.63) is 62.0 Å². The molecule has 28 heavy (non-hydrogen) atoms. The molecule has 0 aliphatic heterocycles. The van der Waals surface area contributed by atoms with Gasteiger partial charge in [-0.05, 0) is 37.6 Å². The molecule has 0 bridgehead atoms. The summed E-state index contributed by atoms with van der Waals surface area (Å²) in [7, 11) is 0. The SMILES string of the molecule is Cc1nc(-c2ccc(CCNC(=O)Cn3nnc4ccccc4c3=O)s2)cs1. The second-order valence-electron chi connectivity index (χ2n) is 6.19. The van der Waals surface area contributed by atoms with E-state index < -0.39 is 0 Å². The van der Waals surface area contributed by atoms with Crippen molar-refractivity contribution in [2.45, 2.75) is 19.9 Å². The number of aryl methyl sites for hydroxylation is 1. The standard InChI is InChI=1S/C19H17N5O2S2/c1-12-21-16(11-27-12)17-7-6-13(28-17)8-9-20-18(25)10-24-19(26)14-4-2-3-5-15(14)22-23-24/h2-7,11H,8-10H2,1H3,(H,20,25). The summed E-state index contributed by atoms with van der Waals surface area (Å²) in [6.07, 6.45) is 0.720. The Kier molecular flexibility index (Phi) is 5.27. The van der Waals surface area contributed by atoms with Crippen LogP contribution in [0.25, 0.3) is 21.5 Å². The van der Waals surface area contributed by atoms with Crippen molar-refractivity contribution in [3.8, 4) is 10.6 Å². The lowest BCUT2D eigenvalue weighted by Crippen LogP contribution is -2.35. The summed E-state index contributed by atoms with van der Waals surface area (Å²) >= 11 is 3.31. The van der Waals surface area contributed by atoms with Gasteiger partial charge in [0, 0.05) is 16.8 Å². The number of rotatable bonds is 6. The number of amides is 1. The first-order valence-corrected chi connectivity index (χ1v) is 10.4. The van der Waals surface area contributed by atoms with Crippen LogP contribution < -0.4 is 10.9 Å². The van der Waals surface area contributed by atoms with Gasteiger partial charge in [-0.15, -0.1) is 27.8 Å². The van der Waals surface area contributed by atoms with E-state index in [2.05, 4.69) is 38.1 Å². The Morgan fingerprint density at radius 3 is 2.89 bits per heavy atom. The van der Waals surface area contributed by atoms with Crippen molar-refractivity contribution in [1.82, 2.24) is 25.3 Å². The monoisotopic (exact) mass is 411 g/mol. The molecule has 0 unspecified atom stereocenters.